The normalized spacial score (nSPS) is 12.6. The number of nitrogens with zero attached hydrogens (tertiary/aromatic N) is 3. The van der Waals surface area contributed by atoms with E-state index in [1.807, 2.05) is 4.40 Å². The molecule has 0 bridgehead atoms. The molecule has 2 heterocycles. The van der Waals surface area contributed by atoms with Gasteiger partial charge in [0.1, 0.15) is 0 Å². The molecule has 0 radical (unpaired) electrons. The van der Waals surface area contributed by atoms with Gasteiger partial charge in [-0.15, -0.1) is 0 Å². The van der Waals surface area contributed by atoms with Gasteiger partial charge in [0.05, 0.1) is 6.20 Å². The van der Waals surface area contributed by atoms with Gasteiger partial charge in [0.15, 0.2) is 17.3 Å². The first-order valence-electron chi connectivity index (χ1n) is 5.05. The maximum atomic E-state index is 11.0. The summed E-state index contributed by atoms with van der Waals surface area (Å²) in [5, 5.41) is 3.10. The molecule has 8 heteroatoms. The van der Waals surface area contributed by atoms with Crippen LogP contribution in [-0.4, -0.2) is 37.1 Å². The fourth-order valence-corrected chi connectivity index (χ4v) is 1.82. The van der Waals surface area contributed by atoms with Crippen LogP contribution in [-0.2, 0) is 10.8 Å². The molecule has 2 aromatic rings. The summed E-state index contributed by atoms with van der Waals surface area (Å²) in [7, 11) is -0.828. The van der Waals surface area contributed by atoms with Crippen LogP contribution in [0.3, 0.4) is 0 Å². The van der Waals surface area contributed by atoms with E-state index in [9.17, 15) is 4.21 Å². The third-order valence-electron chi connectivity index (χ3n) is 2.20. The van der Waals surface area contributed by atoms with E-state index in [1.54, 1.807) is 24.8 Å². The Morgan fingerprint density at radius 3 is 3.12 bits per heavy atom. The van der Waals surface area contributed by atoms with Crippen LogP contribution in [0.25, 0.3) is 5.65 Å². The van der Waals surface area contributed by atoms with Gasteiger partial charge >= 0.3 is 0 Å². The van der Waals surface area contributed by atoms with Crippen LogP contribution in [0.5, 0.6) is 0 Å². The van der Waals surface area contributed by atoms with Crippen molar-refractivity contribution in [3.63, 3.8) is 0 Å². The molecule has 0 amide bonds. The predicted octanol–water partition coefficient (Wildman–Crippen LogP) is -0.195. The summed E-state index contributed by atoms with van der Waals surface area (Å²) in [6.07, 6.45) is 6.89. The van der Waals surface area contributed by atoms with Crippen LogP contribution in [0, 0.1) is 0 Å². The van der Waals surface area contributed by atoms with E-state index in [-0.39, 0.29) is 0 Å². The molecule has 0 aliphatic carbocycles. The molecular formula is C9H14N6OS. The monoisotopic (exact) mass is 254 g/mol. The van der Waals surface area contributed by atoms with Crippen LogP contribution in [0.1, 0.15) is 0 Å². The molecule has 1 atom stereocenters. The number of nitrogens with two attached hydrogens (primary N) is 1. The highest BCUT2D eigenvalue weighted by molar-refractivity contribution is 7.84. The van der Waals surface area contributed by atoms with Crippen molar-refractivity contribution in [2.24, 2.45) is 5.84 Å². The van der Waals surface area contributed by atoms with Gasteiger partial charge in [0.2, 0.25) is 0 Å². The summed E-state index contributed by atoms with van der Waals surface area (Å²) < 4.78 is 12.8. The Balaban J connectivity index is 2.24. The Morgan fingerprint density at radius 1 is 1.59 bits per heavy atom. The first-order chi connectivity index (χ1) is 8.20. The van der Waals surface area contributed by atoms with E-state index in [2.05, 4.69) is 20.7 Å². The van der Waals surface area contributed by atoms with Crippen LogP contribution in [0.15, 0.2) is 18.6 Å². The Labute approximate surface area is 101 Å². The molecule has 2 aromatic heterocycles. The van der Waals surface area contributed by atoms with E-state index >= 15 is 0 Å². The summed E-state index contributed by atoms with van der Waals surface area (Å²) in [5.41, 5.74) is 3.20. The molecule has 7 nitrogen and oxygen atoms in total. The highest BCUT2D eigenvalue weighted by Crippen LogP contribution is 2.15. The molecule has 17 heavy (non-hydrogen) atoms. The summed E-state index contributed by atoms with van der Waals surface area (Å²) >= 11 is 0. The van der Waals surface area contributed by atoms with E-state index in [1.165, 1.54) is 0 Å². The van der Waals surface area contributed by atoms with E-state index in [0.717, 1.165) is 0 Å². The summed E-state index contributed by atoms with van der Waals surface area (Å²) in [4.78, 5) is 8.44. The molecule has 0 aliphatic heterocycles. The fraction of sp³-hybridized carbons (Fsp3) is 0.333. The van der Waals surface area contributed by atoms with E-state index < -0.39 is 10.8 Å². The van der Waals surface area contributed by atoms with Crippen molar-refractivity contribution >= 4 is 28.1 Å². The van der Waals surface area contributed by atoms with Crippen molar-refractivity contribution in [2.75, 3.05) is 29.3 Å². The number of aromatic nitrogens is 3. The van der Waals surface area contributed by atoms with Crippen molar-refractivity contribution in [1.29, 1.82) is 0 Å². The molecule has 1 unspecified atom stereocenters. The molecule has 4 N–H and O–H groups in total. The topological polar surface area (TPSA) is 97.3 Å². The molecule has 0 saturated carbocycles. The van der Waals surface area contributed by atoms with Gasteiger partial charge in [-0.25, -0.2) is 15.8 Å². The van der Waals surface area contributed by atoms with Gasteiger partial charge in [-0.2, -0.15) is 0 Å². The number of anilines is 2. The minimum Gasteiger partial charge on any atom is -0.366 e. The number of fused-ring (bicyclic) bond motifs is 1. The number of nitrogen functional groups attached to an aromatic ring is 1. The lowest BCUT2D eigenvalue weighted by Gasteiger charge is -2.08. The number of imidazole rings is 1. The predicted molar refractivity (Wildman–Crippen MR) is 68.2 cm³/mol. The van der Waals surface area contributed by atoms with Gasteiger partial charge in [-0.3, -0.25) is 4.21 Å². The van der Waals surface area contributed by atoms with Gasteiger partial charge in [0.25, 0.3) is 0 Å². The molecule has 2 rings (SSSR count). The Hall–Kier alpha value is -1.67. The highest BCUT2D eigenvalue weighted by atomic mass is 32.2. The molecule has 0 fully saturated rings. The van der Waals surface area contributed by atoms with Crippen LogP contribution in [0.4, 0.5) is 11.6 Å². The Bertz CT molecular complexity index is 539. The largest absolute Gasteiger partial charge is 0.366 e. The first-order valence-corrected chi connectivity index (χ1v) is 6.77. The third-order valence-corrected chi connectivity index (χ3v) is 2.98. The Morgan fingerprint density at radius 2 is 2.41 bits per heavy atom. The van der Waals surface area contributed by atoms with Crippen molar-refractivity contribution in [3.8, 4) is 0 Å². The molecule has 0 aliphatic rings. The highest BCUT2D eigenvalue weighted by Gasteiger charge is 2.06. The average molecular weight is 254 g/mol. The third kappa shape index (κ3) is 2.71. The molecule has 0 aromatic carbocycles. The lowest BCUT2D eigenvalue weighted by Crippen LogP contribution is -2.14. The molecule has 92 valence electrons. The number of nitrogens with one attached hydrogen (secondary N) is 2. The smallest absolute Gasteiger partial charge is 0.180 e. The van der Waals surface area contributed by atoms with Gasteiger partial charge in [-0.05, 0) is 0 Å². The van der Waals surface area contributed by atoms with Crippen LogP contribution >= 0.6 is 0 Å². The SMILES string of the molecule is CS(=O)CCNc1nc(NN)cn2ccnc12. The summed E-state index contributed by atoms with van der Waals surface area (Å²) in [6, 6.07) is 0. The zero-order valence-corrected chi connectivity index (χ0v) is 10.2. The van der Waals surface area contributed by atoms with Crippen LogP contribution in [0.2, 0.25) is 0 Å². The van der Waals surface area contributed by atoms with Gasteiger partial charge < -0.3 is 15.1 Å². The first kappa shape index (κ1) is 11.8. The average Bonchev–Trinajstić information content (AvgIpc) is 2.76. The van der Waals surface area contributed by atoms with Crippen molar-refractivity contribution in [1.82, 2.24) is 14.4 Å². The van der Waals surface area contributed by atoms with Crippen LogP contribution < -0.4 is 16.6 Å². The summed E-state index contributed by atoms with van der Waals surface area (Å²) in [6.45, 7) is 0.576. The Kier molecular flexibility index (Phi) is 3.55. The number of rotatable bonds is 5. The quantitative estimate of drug-likeness (QED) is 0.505. The van der Waals surface area contributed by atoms with Crippen molar-refractivity contribution in [3.05, 3.63) is 18.6 Å². The molecule has 0 saturated heterocycles. The second-order valence-corrected chi connectivity index (χ2v) is 5.04. The van der Waals surface area contributed by atoms with Crippen molar-refractivity contribution in [2.45, 2.75) is 0 Å². The number of hydrogen-bond donors (Lipinski definition) is 3. The maximum absolute atomic E-state index is 11.0. The molecular weight excluding hydrogens is 240 g/mol. The lowest BCUT2D eigenvalue weighted by molar-refractivity contribution is 0.687. The lowest BCUT2D eigenvalue weighted by atomic mass is 10.5. The molecule has 0 spiro atoms. The second-order valence-electron chi connectivity index (χ2n) is 3.48. The minimum absolute atomic E-state index is 0.538. The summed E-state index contributed by atoms with van der Waals surface area (Å²) in [5.74, 6) is 7.06. The van der Waals surface area contributed by atoms with Gasteiger partial charge in [0, 0.05) is 41.7 Å². The van der Waals surface area contributed by atoms with E-state index in [0.29, 0.717) is 29.6 Å². The standard InChI is InChI=1S/C9H14N6OS/c1-17(16)5-3-11-8-9-12-2-4-15(9)6-7(13-8)14-10/h2,4,6,14H,3,5,10H2,1H3,(H,11,13). The second kappa shape index (κ2) is 5.11. The van der Waals surface area contributed by atoms with Gasteiger partial charge in [-0.1, -0.05) is 0 Å². The van der Waals surface area contributed by atoms with E-state index in [4.69, 9.17) is 5.84 Å². The van der Waals surface area contributed by atoms with Crippen molar-refractivity contribution < 1.29 is 4.21 Å². The number of hydrogen-bond acceptors (Lipinski definition) is 6. The zero-order valence-electron chi connectivity index (χ0n) is 9.38. The zero-order chi connectivity index (χ0) is 12.3. The fourth-order valence-electron chi connectivity index (χ4n) is 1.43. The maximum Gasteiger partial charge on any atom is 0.180 e. The number of hydrazine groups is 1. The minimum atomic E-state index is -0.828.